The molecule has 0 saturated carbocycles. The molecule has 0 bridgehead atoms. The second kappa shape index (κ2) is 6.63. The molecule has 7 heteroatoms. The summed E-state index contributed by atoms with van der Waals surface area (Å²) >= 11 is 5.92. The molecule has 0 amide bonds. The summed E-state index contributed by atoms with van der Waals surface area (Å²) in [7, 11) is 0. The van der Waals surface area contributed by atoms with Crippen molar-refractivity contribution in [3.05, 3.63) is 35.2 Å². The van der Waals surface area contributed by atoms with Crippen molar-refractivity contribution in [2.24, 2.45) is 0 Å². The van der Waals surface area contributed by atoms with Gasteiger partial charge in [-0.05, 0) is 12.1 Å². The molecular weight excluding hydrogens is 271 g/mol. The fourth-order valence-corrected chi connectivity index (χ4v) is 1.42. The minimum atomic E-state index is -1.27. The number of hydrogen-bond acceptors (Lipinski definition) is 5. The second-order valence-electron chi connectivity index (χ2n) is 3.04. The van der Waals surface area contributed by atoms with Crippen LogP contribution in [0.1, 0.15) is 5.89 Å². The van der Waals surface area contributed by atoms with Crippen molar-refractivity contribution in [2.75, 3.05) is 0 Å². The first-order valence-corrected chi connectivity index (χ1v) is 4.82. The first kappa shape index (κ1) is 14.8. The first-order chi connectivity index (χ1) is 7.66. The Bertz CT molecular complexity index is 530. The number of benzene rings is 1. The Kier molecular flexibility index (Phi) is 5.77. The molecule has 1 aromatic heterocycles. The topological polar surface area (TPSA) is 79.0 Å². The summed E-state index contributed by atoms with van der Waals surface area (Å²) in [6, 6.07) is 6.95. The number of aromatic nitrogens is 2. The van der Waals surface area contributed by atoms with Crippen LogP contribution in [0.2, 0.25) is 5.02 Å². The smallest absolute Gasteiger partial charge is 0.550 e. The predicted molar refractivity (Wildman–Crippen MR) is 53.5 cm³/mol. The van der Waals surface area contributed by atoms with Crippen LogP contribution in [0.3, 0.4) is 0 Å². The summed E-state index contributed by atoms with van der Waals surface area (Å²) in [6.45, 7) is 0. The van der Waals surface area contributed by atoms with Gasteiger partial charge in [-0.2, -0.15) is 4.98 Å². The number of rotatable bonds is 3. The van der Waals surface area contributed by atoms with Gasteiger partial charge in [-0.25, -0.2) is 0 Å². The average Bonchev–Trinajstić information content (AvgIpc) is 2.66. The van der Waals surface area contributed by atoms with Crippen molar-refractivity contribution >= 4 is 17.6 Å². The summed E-state index contributed by atoms with van der Waals surface area (Å²) in [6.07, 6.45) is -0.405. The van der Waals surface area contributed by atoms with Gasteiger partial charge in [0.05, 0.1) is 17.4 Å². The standard InChI is InChI=1S/C10H7ClN2O3.K/c11-7-4-2-1-3-6(7)10-12-8(16-13-10)5-9(14)15;/h1-4H,5H2,(H,14,15);/q;+1/p-1. The van der Waals surface area contributed by atoms with Gasteiger partial charge < -0.3 is 14.4 Å². The van der Waals surface area contributed by atoms with Crippen LogP contribution in [0.25, 0.3) is 11.4 Å². The summed E-state index contributed by atoms with van der Waals surface area (Å²) < 4.78 is 4.74. The van der Waals surface area contributed by atoms with E-state index in [1.807, 2.05) is 0 Å². The Morgan fingerprint density at radius 3 is 2.76 bits per heavy atom. The third-order valence-electron chi connectivity index (χ3n) is 1.88. The number of carbonyl (C=O) groups is 1. The molecule has 2 aromatic rings. The Labute approximate surface area is 145 Å². The molecule has 17 heavy (non-hydrogen) atoms. The molecule has 5 nitrogen and oxygen atoms in total. The molecule has 2 rings (SSSR count). The molecule has 0 N–H and O–H groups in total. The maximum Gasteiger partial charge on any atom is 1.00 e. The molecule has 0 saturated heterocycles. The maximum absolute atomic E-state index is 10.3. The largest absolute Gasteiger partial charge is 1.00 e. The molecule has 0 aliphatic heterocycles. The van der Waals surface area contributed by atoms with Crippen molar-refractivity contribution in [2.45, 2.75) is 6.42 Å². The van der Waals surface area contributed by atoms with Gasteiger partial charge in [0.15, 0.2) is 0 Å². The Balaban J connectivity index is 0.00000144. The number of halogens is 1. The van der Waals surface area contributed by atoms with Crippen molar-refractivity contribution in [3.63, 3.8) is 0 Å². The minimum absolute atomic E-state index is 0. The molecule has 0 fully saturated rings. The molecule has 0 radical (unpaired) electrons. The average molecular weight is 277 g/mol. The van der Waals surface area contributed by atoms with Crippen LogP contribution in [0.5, 0.6) is 0 Å². The van der Waals surface area contributed by atoms with Gasteiger partial charge >= 0.3 is 51.4 Å². The van der Waals surface area contributed by atoms with E-state index in [1.165, 1.54) is 0 Å². The third-order valence-corrected chi connectivity index (χ3v) is 2.21. The van der Waals surface area contributed by atoms with Crippen LogP contribution >= 0.6 is 11.6 Å². The van der Waals surface area contributed by atoms with E-state index in [0.717, 1.165) is 0 Å². The second-order valence-corrected chi connectivity index (χ2v) is 3.45. The van der Waals surface area contributed by atoms with E-state index in [1.54, 1.807) is 24.3 Å². The fraction of sp³-hybridized carbons (Fsp3) is 0.100. The van der Waals surface area contributed by atoms with Crippen molar-refractivity contribution < 1.29 is 65.8 Å². The molecule has 0 unspecified atom stereocenters. The van der Waals surface area contributed by atoms with Gasteiger partial charge in [-0.15, -0.1) is 0 Å². The van der Waals surface area contributed by atoms with Crippen LogP contribution < -0.4 is 56.5 Å². The zero-order valence-corrected chi connectivity index (χ0v) is 12.9. The van der Waals surface area contributed by atoms with E-state index in [4.69, 9.17) is 16.1 Å². The SMILES string of the molecule is O=C([O-])Cc1nc(-c2ccccc2Cl)no1.[K+]. The quantitative estimate of drug-likeness (QED) is 0.589. The van der Waals surface area contributed by atoms with Crippen molar-refractivity contribution in [3.8, 4) is 11.4 Å². The van der Waals surface area contributed by atoms with Crippen molar-refractivity contribution in [1.82, 2.24) is 10.1 Å². The zero-order chi connectivity index (χ0) is 11.5. The van der Waals surface area contributed by atoms with Gasteiger partial charge in [0, 0.05) is 5.56 Å². The van der Waals surface area contributed by atoms with E-state index in [2.05, 4.69) is 10.1 Å². The number of carboxylic acid groups (broad SMARTS) is 1. The van der Waals surface area contributed by atoms with Gasteiger partial charge in [-0.1, -0.05) is 28.9 Å². The van der Waals surface area contributed by atoms with Crippen LogP contribution in [-0.2, 0) is 11.2 Å². The van der Waals surface area contributed by atoms with Gasteiger partial charge in [0.1, 0.15) is 0 Å². The van der Waals surface area contributed by atoms with Crippen LogP contribution in [-0.4, -0.2) is 16.1 Å². The normalized spacial score (nSPS) is 9.71. The van der Waals surface area contributed by atoms with E-state index in [9.17, 15) is 9.90 Å². The van der Waals surface area contributed by atoms with Gasteiger partial charge in [-0.3, -0.25) is 0 Å². The molecule has 0 atom stereocenters. The first-order valence-electron chi connectivity index (χ1n) is 4.44. The maximum atomic E-state index is 10.3. The molecule has 1 heterocycles. The number of aliphatic carboxylic acids is 1. The van der Waals surface area contributed by atoms with Crippen LogP contribution in [0.4, 0.5) is 0 Å². The molecule has 0 aliphatic rings. The number of carbonyl (C=O) groups excluding carboxylic acids is 1. The zero-order valence-electron chi connectivity index (χ0n) is 9.01. The summed E-state index contributed by atoms with van der Waals surface area (Å²) in [5, 5.41) is 14.4. The number of carboxylic acids is 1. The number of hydrogen-bond donors (Lipinski definition) is 0. The third kappa shape index (κ3) is 3.87. The van der Waals surface area contributed by atoms with Crippen LogP contribution in [0.15, 0.2) is 28.8 Å². The predicted octanol–water partition coefficient (Wildman–Crippen LogP) is -2.31. The van der Waals surface area contributed by atoms with E-state index in [0.29, 0.717) is 10.6 Å². The van der Waals surface area contributed by atoms with E-state index < -0.39 is 12.4 Å². The van der Waals surface area contributed by atoms with E-state index in [-0.39, 0.29) is 63.1 Å². The molecule has 1 aromatic carbocycles. The Morgan fingerprint density at radius 1 is 1.41 bits per heavy atom. The van der Waals surface area contributed by atoms with E-state index >= 15 is 0 Å². The fourth-order valence-electron chi connectivity index (χ4n) is 1.20. The van der Waals surface area contributed by atoms with Gasteiger partial charge in [0.2, 0.25) is 11.7 Å². The van der Waals surface area contributed by atoms with Crippen molar-refractivity contribution in [1.29, 1.82) is 0 Å². The molecule has 82 valence electrons. The molecular formula is C10H6ClKN2O3. The Morgan fingerprint density at radius 2 is 2.12 bits per heavy atom. The number of nitrogens with zero attached hydrogens (tertiary/aromatic N) is 2. The summed E-state index contributed by atoms with van der Waals surface area (Å²) in [5.41, 5.74) is 0.595. The molecule has 0 spiro atoms. The molecule has 0 aliphatic carbocycles. The minimum Gasteiger partial charge on any atom is -0.550 e. The van der Waals surface area contributed by atoms with Gasteiger partial charge in [0.25, 0.3) is 0 Å². The monoisotopic (exact) mass is 276 g/mol. The van der Waals surface area contributed by atoms with Crippen LogP contribution in [0, 0.1) is 0 Å². The summed E-state index contributed by atoms with van der Waals surface area (Å²) in [5.74, 6) is -1.01. The Hall–Kier alpha value is -0.244. The summed E-state index contributed by atoms with van der Waals surface area (Å²) in [4.78, 5) is 14.2.